The zero-order valence-electron chi connectivity index (χ0n) is 13.9. The number of hydrogen-bond donors (Lipinski definition) is 0. The van der Waals surface area contributed by atoms with Crippen LogP contribution in [0.4, 0.5) is 0 Å². The molecule has 0 saturated carbocycles. The van der Waals surface area contributed by atoms with E-state index in [2.05, 4.69) is 27.7 Å². The summed E-state index contributed by atoms with van der Waals surface area (Å²) in [5.41, 5.74) is 2.35. The number of carbonyl (C=O) groups excluding carboxylic acids is 1. The minimum Gasteiger partial charge on any atom is -0.497 e. The van der Waals surface area contributed by atoms with E-state index in [-0.39, 0.29) is 12.1 Å². The van der Waals surface area contributed by atoms with E-state index in [9.17, 15) is 4.79 Å². The Labute approximate surface area is 137 Å². The number of nitrogens with zero attached hydrogens (tertiary/aromatic N) is 3. The minimum absolute atomic E-state index is 0.0146. The number of carbonyl (C=O) groups is 1. The molecule has 2 aromatic rings. The van der Waals surface area contributed by atoms with E-state index in [4.69, 9.17) is 4.74 Å². The van der Waals surface area contributed by atoms with Crippen molar-refractivity contribution < 1.29 is 9.53 Å². The predicted octanol–water partition coefficient (Wildman–Crippen LogP) is 2.05. The number of aromatic nitrogens is 1. The molecule has 0 bridgehead atoms. The van der Waals surface area contributed by atoms with Gasteiger partial charge in [0, 0.05) is 19.8 Å². The second kappa shape index (κ2) is 6.46. The van der Waals surface area contributed by atoms with Crippen molar-refractivity contribution in [2.75, 3.05) is 27.2 Å². The van der Waals surface area contributed by atoms with E-state index in [1.54, 1.807) is 7.11 Å². The van der Waals surface area contributed by atoms with Crippen LogP contribution >= 0.6 is 0 Å². The Morgan fingerprint density at radius 3 is 2.52 bits per heavy atom. The summed E-state index contributed by atoms with van der Waals surface area (Å²) in [6.07, 6.45) is 2.87. The second-order valence-electron chi connectivity index (χ2n) is 6.02. The summed E-state index contributed by atoms with van der Waals surface area (Å²) in [6, 6.07) is 12.1. The fraction of sp³-hybridized carbons (Fsp3) is 0.389. The van der Waals surface area contributed by atoms with Gasteiger partial charge in [-0.3, -0.25) is 9.69 Å². The Morgan fingerprint density at radius 2 is 1.91 bits per heavy atom. The van der Waals surface area contributed by atoms with Crippen LogP contribution < -0.4 is 4.74 Å². The van der Waals surface area contributed by atoms with Gasteiger partial charge >= 0.3 is 0 Å². The van der Waals surface area contributed by atoms with Crippen molar-refractivity contribution in [1.82, 2.24) is 14.4 Å². The molecule has 0 aliphatic carbocycles. The van der Waals surface area contributed by atoms with Crippen molar-refractivity contribution in [3.63, 3.8) is 0 Å². The van der Waals surface area contributed by atoms with Crippen molar-refractivity contribution >= 4 is 5.91 Å². The van der Waals surface area contributed by atoms with Crippen LogP contribution in [0.25, 0.3) is 0 Å². The molecule has 1 saturated heterocycles. The molecular formula is C18H23N3O2. The highest BCUT2D eigenvalue weighted by molar-refractivity contribution is 5.80. The third kappa shape index (κ3) is 3.10. The molecule has 2 heterocycles. The van der Waals surface area contributed by atoms with E-state index in [1.807, 2.05) is 43.4 Å². The zero-order chi connectivity index (χ0) is 16.4. The van der Waals surface area contributed by atoms with Gasteiger partial charge in [-0.15, -0.1) is 0 Å². The lowest BCUT2D eigenvalue weighted by Gasteiger charge is -2.28. The van der Waals surface area contributed by atoms with Gasteiger partial charge in [0.25, 0.3) is 0 Å². The Balaban J connectivity index is 1.74. The molecule has 1 aromatic carbocycles. The molecule has 122 valence electrons. The number of benzene rings is 1. The largest absolute Gasteiger partial charge is 0.497 e. The lowest BCUT2D eigenvalue weighted by Crippen LogP contribution is -2.33. The normalized spacial score (nSPS) is 18.7. The molecule has 0 N–H and O–H groups in total. The zero-order valence-corrected chi connectivity index (χ0v) is 13.9. The molecule has 1 fully saturated rings. The highest BCUT2D eigenvalue weighted by atomic mass is 16.5. The first kappa shape index (κ1) is 15.6. The van der Waals surface area contributed by atoms with E-state index in [0.29, 0.717) is 13.1 Å². The maximum Gasteiger partial charge on any atom is 0.238 e. The molecule has 0 spiro atoms. The first-order valence-corrected chi connectivity index (χ1v) is 7.84. The molecular weight excluding hydrogens is 290 g/mol. The average Bonchev–Trinajstić information content (AvgIpc) is 3.08. The van der Waals surface area contributed by atoms with Crippen molar-refractivity contribution in [2.24, 2.45) is 7.05 Å². The first-order valence-electron chi connectivity index (χ1n) is 7.84. The van der Waals surface area contributed by atoms with Gasteiger partial charge in [-0.05, 0) is 43.3 Å². The minimum atomic E-state index is 0.0146. The molecule has 1 amide bonds. The van der Waals surface area contributed by atoms with Gasteiger partial charge in [-0.1, -0.05) is 12.1 Å². The van der Waals surface area contributed by atoms with Crippen LogP contribution in [0.2, 0.25) is 0 Å². The summed E-state index contributed by atoms with van der Waals surface area (Å²) < 4.78 is 7.27. The Morgan fingerprint density at radius 1 is 1.17 bits per heavy atom. The Kier molecular flexibility index (Phi) is 4.39. The summed E-state index contributed by atoms with van der Waals surface area (Å²) in [6.45, 7) is 1.18. The molecule has 1 atom stereocenters. The number of likely N-dealkylation sites (N-methyl/N-ethyl adjacent to an activating group) is 1. The fourth-order valence-corrected chi connectivity index (χ4v) is 3.18. The molecule has 5 heteroatoms. The quantitative estimate of drug-likeness (QED) is 0.848. The van der Waals surface area contributed by atoms with Crippen molar-refractivity contribution in [1.29, 1.82) is 0 Å². The molecule has 1 unspecified atom stereocenters. The summed E-state index contributed by atoms with van der Waals surface area (Å²) in [7, 11) is 5.69. The first-order chi connectivity index (χ1) is 11.1. The average molecular weight is 313 g/mol. The maximum atomic E-state index is 12.4. The van der Waals surface area contributed by atoms with Crippen molar-refractivity contribution in [2.45, 2.75) is 12.6 Å². The van der Waals surface area contributed by atoms with Crippen LogP contribution in [0.15, 0.2) is 42.6 Å². The third-order valence-electron chi connectivity index (χ3n) is 4.47. The van der Waals surface area contributed by atoms with Gasteiger partial charge in [-0.2, -0.15) is 0 Å². The molecule has 5 nitrogen and oxygen atoms in total. The number of methoxy groups -OCH3 is 1. The highest BCUT2D eigenvalue weighted by Crippen LogP contribution is 2.29. The number of aryl methyl sites for hydroxylation is 1. The van der Waals surface area contributed by atoms with Gasteiger partial charge in [0.2, 0.25) is 5.91 Å². The standard InChI is InChI=1S/C18H23N3O2/c1-19-11-4-5-16(19)18-20(2)13-17(22)21(18)12-10-14-6-8-15(23-3)9-7-14/h4-9,11,18H,10,12-13H2,1-3H3. The maximum absolute atomic E-state index is 12.4. The van der Waals surface area contributed by atoms with E-state index in [1.165, 1.54) is 5.56 Å². The molecule has 1 aliphatic heterocycles. The Hall–Kier alpha value is -2.27. The van der Waals surface area contributed by atoms with Crippen LogP contribution in [0, 0.1) is 0 Å². The van der Waals surface area contributed by atoms with Gasteiger partial charge in [-0.25, -0.2) is 0 Å². The van der Waals surface area contributed by atoms with E-state index in [0.717, 1.165) is 17.9 Å². The highest BCUT2D eigenvalue weighted by Gasteiger charge is 2.37. The summed E-state index contributed by atoms with van der Waals surface area (Å²) in [5.74, 6) is 1.04. The number of hydrogen-bond acceptors (Lipinski definition) is 3. The summed E-state index contributed by atoms with van der Waals surface area (Å²) >= 11 is 0. The molecule has 23 heavy (non-hydrogen) atoms. The van der Waals surface area contributed by atoms with E-state index < -0.39 is 0 Å². The van der Waals surface area contributed by atoms with Crippen LogP contribution in [0.5, 0.6) is 5.75 Å². The molecule has 3 rings (SSSR count). The van der Waals surface area contributed by atoms with Crippen LogP contribution in [-0.2, 0) is 18.3 Å². The lowest BCUT2D eigenvalue weighted by molar-refractivity contribution is -0.128. The smallest absolute Gasteiger partial charge is 0.238 e. The second-order valence-corrected chi connectivity index (χ2v) is 6.02. The predicted molar refractivity (Wildman–Crippen MR) is 89.2 cm³/mol. The van der Waals surface area contributed by atoms with Crippen LogP contribution in [-0.4, -0.2) is 47.5 Å². The third-order valence-corrected chi connectivity index (χ3v) is 4.47. The lowest BCUT2D eigenvalue weighted by atomic mass is 10.1. The SMILES string of the molecule is COc1ccc(CCN2C(=O)CN(C)C2c2cccn2C)cc1. The fourth-order valence-electron chi connectivity index (χ4n) is 3.18. The van der Waals surface area contributed by atoms with Gasteiger partial charge < -0.3 is 14.2 Å². The Bertz CT molecular complexity index is 678. The van der Waals surface area contributed by atoms with Gasteiger partial charge in [0.15, 0.2) is 0 Å². The van der Waals surface area contributed by atoms with Gasteiger partial charge in [0.05, 0.1) is 19.3 Å². The monoisotopic (exact) mass is 313 g/mol. The van der Waals surface area contributed by atoms with Crippen molar-refractivity contribution in [3.05, 3.63) is 53.9 Å². The van der Waals surface area contributed by atoms with Crippen molar-refractivity contribution in [3.8, 4) is 5.75 Å². The number of amides is 1. The summed E-state index contributed by atoms with van der Waals surface area (Å²) in [5, 5.41) is 0. The number of rotatable bonds is 5. The van der Waals surface area contributed by atoms with Crippen LogP contribution in [0.3, 0.4) is 0 Å². The summed E-state index contributed by atoms with van der Waals surface area (Å²) in [4.78, 5) is 16.5. The molecule has 1 aromatic heterocycles. The number of ether oxygens (including phenoxy) is 1. The molecule has 0 radical (unpaired) electrons. The van der Waals surface area contributed by atoms with Gasteiger partial charge in [0.1, 0.15) is 11.9 Å². The topological polar surface area (TPSA) is 37.7 Å². The van der Waals surface area contributed by atoms with E-state index >= 15 is 0 Å². The van der Waals surface area contributed by atoms with Crippen LogP contribution in [0.1, 0.15) is 17.4 Å². The molecule has 1 aliphatic rings.